The molecular formula is C19H34N4O2. The summed E-state index contributed by atoms with van der Waals surface area (Å²) in [6, 6.07) is 0. The van der Waals surface area contributed by atoms with Gasteiger partial charge in [0, 0.05) is 46.4 Å². The number of guanidine groups is 1. The normalized spacial score (nSPS) is 31.3. The van der Waals surface area contributed by atoms with Gasteiger partial charge in [0.2, 0.25) is 0 Å². The molecule has 2 saturated heterocycles. The number of hydrogen-bond donors (Lipinski definition) is 1. The van der Waals surface area contributed by atoms with Crippen LogP contribution in [-0.2, 0) is 9.53 Å². The molecule has 0 bridgehead atoms. The minimum atomic E-state index is -0.197. The first-order chi connectivity index (χ1) is 12.2. The van der Waals surface area contributed by atoms with Crippen LogP contribution in [0.3, 0.4) is 0 Å². The van der Waals surface area contributed by atoms with Crippen LogP contribution < -0.4 is 5.32 Å². The molecule has 6 heteroatoms. The van der Waals surface area contributed by atoms with Crippen LogP contribution in [0.15, 0.2) is 4.99 Å². The molecule has 0 aromatic heterocycles. The van der Waals surface area contributed by atoms with Crippen molar-refractivity contribution < 1.29 is 9.53 Å². The Kier molecular flexibility index (Phi) is 6.57. The minimum Gasteiger partial charge on any atom is -0.368 e. The number of rotatable bonds is 3. The lowest BCUT2D eigenvalue weighted by atomic mass is 9.83. The van der Waals surface area contributed by atoms with Gasteiger partial charge in [0.05, 0.1) is 0 Å². The Hall–Kier alpha value is -1.30. The fourth-order valence-electron chi connectivity index (χ4n) is 4.22. The third-order valence-electron chi connectivity index (χ3n) is 5.99. The van der Waals surface area contributed by atoms with Gasteiger partial charge in [0.15, 0.2) is 5.96 Å². The summed E-state index contributed by atoms with van der Waals surface area (Å²) in [6.45, 7) is 7.33. The molecule has 1 aliphatic carbocycles. The number of amides is 1. The molecule has 1 saturated carbocycles. The van der Waals surface area contributed by atoms with Gasteiger partial charge in [-0.2, -0.15) is 0 Å². The first-order valence-electron chi connectivity index (χ1n) is 10.0. The maximum atomic E-state index is 12.4. The number of ether oxygens (including phenoxy) is 1. The third kappa shape index (κ3) is 4.87. The van der Waals surface area contributed by atoms with Crippen molar-refractivity contribution in [3.05, 3.63) is 0 Å². The van der Waals surface area contributed by atoms with Crippen molar-refractivity contribution in [1.82, 2.24) is 15.1 Å². The maximum absolute atomic E-state index is 12.4. The summed E-state index contributed by atoms with van der Waals surface area (Å²) in [7, 11) is 1.86. The Balaban J connectivity index is 1.41. The van der Waals surface area contributed by atoms with Crippen LogP contribution in [0.5, 0.6) is 0 Å². The van der Waals surface area contributed by atoms with Gasteiger partial charge in [-0.3, -0.25) is 9.79 Å². The summed E-state index contributed by atoms with van der Waals surface area (Å²) in [5.74, 6) is 2.83. The summed E-state index contributed by atoms with van der Waals surface area (Å²) in [6.07, 6.45) is 7.06. The molecule has 1 amide bonds. The lowest BCUT2D eigenvalue weighted by Gasteiger charge is -2.37. The van der Waals surface area contributed by atoms with E-state index in [1.165, 1.54) is 25.7 Å². The second-order valence-electron chi connectivity index (χ2n) is 7.87. The number of carbonyl (C=O) groups excluding carboxylic acids is 1. The van der Waals surface area contributed by atoms with Crippen molar-refractivity contribution >= 4 is 11.9 Å². The monoisotopic (exact) mass is 350 g/mol. The van der Waals surface area contributed by atoms with Crippen LogP contribution in [0, 0.1) is 11.8 Å². The SMILES string of the molecule is CN=C(NCC1CCC(C)CC1)N1CCN(C(=O)C2CCCO2)CC1. The van der Waals surface area contributed by atoms with E-state index in [9.17, 15) is 4.79 Å². The first kappa shape index (κ1) is 18.5. The second-order valence-corrected chi connectivity index (χ2v) is 7.87. The largest absolute Gasteiger partial charge is 0.368 e. The smallest absolute Gasteiger partial charge is 0.251 e. The maximum Gasteiger partial charge on any atom is 0.251 e. The Morgan fingerprint density at radius 2 is 1.76 bits per heavy atom. The minimum absolute atomic E-state index is 0.177. The molecule has 142 valence electrons. The van der Waals surface area contributed by atoms with E-state index in [1.54, 1.807) is 0 Å². The van der Waals surface area contributed by atoms with Gasteiger partial charge in [-0.05, 0) is 37.5 Å². The lowest BCUT2D eigenvalue weighted by Crippen LogP contribution is -2.55. The van der Waals surface area contributed by atoms with Crippen LogP contribution in [-0.4, -0.2) is 74.1 Å². The Labute approximate surface area is 152 Å². The quantitative estimate of drug-likeness (QED) is 0.622. The Morgan fingerprint density at radius 1 is 1.08 bits per heavy atom. The molecule has 3 fully saturated rings. The fraction of sp³-hybridized carbons (Fsp3) is 0.895. The molecule has 1 atom stereocenters. The molecule has 3 aliphatic rings. The molecule has 2 aliphatic heterocycles. The molecule has 6 nitrogen and oxygen atoms in total. The molecule has 1 unspecified atom stereocenters. The summed E-state index contributed by atoms with van der Waals surface area (Å²) in [5, 5.41) is 3.57. The van der Waals surface area contributed by atoms with E-state index >= 15 is 0 Å². The number of aliphatic imine (C=N–C) groups is 1. The number of nitrogens with zero attached hydrogens (tertiary/aromatic N) is 3. The molecule has 0 spiro atoms. The van der Waals surface area contributed by atoms with E-state index in [4.69, 9.17) is 4.74 Å². The summed E-state index contributed by atoms with van der Waals surface area (Å²) >= 11 is 0. The van der Waals surface area contributed by atoms with Crippen molar-refractivity contribution in [3.63, 3.8) is 0 Å². The van der Waals surface area contributed by atoms with Crippen molar-refractivity contribution in [2.75, 3.05) is 46.4 Å². The van der Waals surface area contributed by atoms with Crippen LogP contribution in [0.1, 0.15) is 45.4 Å². The first-order valence-corrected chi connectivity index (χ1v) is 10.0. The molecule has 0 radical (unpaired) electrons. The van der Waals surface area contributed by atoms with Gasteiger partial charge < -0.3 is 19.9 Å². The Morgan fingerprint density at radius 3 is 2.36 bits per heavy atom. The molecule has 25 heavy (non-hydrogen) atoms. The van der Waals surface area contributed by atoms with Gasteiger partial charge in [0.1, 0.15) is 6.10 Å². The fourth-order valence-corrected chi connectivity index (χ4v) is 4.22. The zero-order valence-electron chi connectivity index (χ0n) is 15.9. The molecule has 0 aromatic carbocycles. The topological polar surface area (TPSA) is 57.2 Å². The molecule has 0 aromatic rings. The van der Waals surface area contributed by atoms with E-state index < -0.39 is 0 Å². The highest BCUT2D eigenvalue weighted by Gasteiger charge is 2.31. The van der Waals surface area contributed by atoms with Crippen LogP contribution in [0.4, 0.5) is 0 Å². The van der Waals surface area contributed by atoms with E-state index in [0.29, 0.717) is 0 Å². The van der Waals surface area contributed by atoms with Crippen molar-refractivity contribution in [2.45, 2.75) is 51.6 Å². The van der Waals surface area contributed by atoms with Crippen LogP contribution >= 0.6 is 0 Å². The lowest BCUT2D eigenvalue weighted by molar-refractivity contribution is -0.142. The average molecular weight is 351 g/mol. The number of piperazine rings is 1. The van der Waals surface area contributed by atoms with Crippen molar-refractivity contribution in [2.24, 2.45) is 16.8 Å². The number of carbonyl (C=O) groups is 1. The zero-order valence-corrected chi connectivity index (χ0v) is 15.9. The van der Waals surface area contributed by atoms with Gasteiger partial charge in [-0.15, -0.1) is 0 Å². The van der Waals surface area contributed by atoms with Crippen LogP contribution in [0.2, 0.25) is 0 Å². The van der Waals surface area contributed by atoms with Gasteiger partial charge in [-0.25, -0.2) is 0 Å². The molecule has 2 heterocycles. The van der Waals surface area contributed by atoms with E-state index in [-0.39, 0.29) is 12.0 Å². The second kappa shape index (κ2) is 8.88. The third-order valence-corrected chi connectivity index (χ3v) is 5.99. The molecule has 1 N–H and O–H groups in total. The van der Waals surface area contributed by atoms with Crippen molar-refractivity contribution in [3.8, 4) is 0 Å². The summed E-state index contributed by atoms with van der Waals surface area (Å²) in [5.41, 5.74) is 0. The molecular weight excluding hydrogens is 316 g/mol. The highest BCUT2D eigenvalue weighted by atomic mass is 16.5. The van der Waals surface area contributed by atoms with Gasteiger partial charge in [-0.1, -0.05) is 19.8 Å². The average Bonchev–Trinajstić information content (AvgIpc) is 3.18. The Bertz CT molecular complexity index is 460. The molecule has 3 rings (SSSR count). The highest BCUT2D eigenvalue weighted by Crippen LogP contribution is 2.27. The van der Waals surface area contributed by atoms with E-state index in [0.717, 1.165) is 70.0 Å². The zero-order chi connectivity index (χ0) is 17.6. The number of hydrogen-bond acceptors (Lipinski definition) is 3. The summed E-state index contributed by atoms with van der Waals surface area (Å²) < 4.78 is 5.54. The predicted octanol–water partition coefficient (Wildman–Crippen LogP) is 1.71. The van der Waals surface area contributed by atoms with E-state index in [1.807, 2.05) is 11.9 Å². The van der Waals surface area contributed by atoms with Crippen LogP contribution in [0.25, 0.3) is 0 Å². The standard InChI is InChI=1S/C19H34N4O2/c1-15-5-7-16(8-6-15)14-21-19(20-2)23-11-9-22(10-12-23)18(24)17-4-3-13-25-17/h15-17H,3-14H2,1-2H3,(H,20,21). The number of nitrogens with one attached hydrogen (secondary N) is 1. The predicted molar refractivity (Wildman–Crippen MR) is 99.6 cm³/mol. The summed E-state index contributed by atoms with van der Waals surface area (Å²) in [4.78, 5) is 21.1. The highest BCUT2D eigenvalue weighted by molar-refractivity contribution is 5.82. The van der Waals surface area contributed by atoms with Gasteiger partial charge >= 0.3 is 0 Å². The van der Waals surface area contributed by atoms with Gasteiger partial charge in [0.25, 0.3) is 5.91 Å². The van der Waals surface area contributed by atoms with Crippen molar-refractivity contribution in [1.29, 1.82) is 0 Å². The van der Waals surface area contributed by atoms with E-state index in [2.05, 4.69) is 22.1 Å².